The van der Waals surface area contributed by atoms with E-state index >= 15 is 0 Å². The fourth-order valence-corrected chi connectivity index (χ4v) is 1.70. The highest BCUT2D eigenvalue weighted by Crippen LogP contribution is 2.19. The number of aromatic nitrogens is 1. The molecule has 4 nitrogen and oxygen atoms in total. The lowest BCUT2D eigenvalue weighted by Gasteiger charge is -2.05. The first-order chi connectivity index (χ1) is 8.74. The van der Waals surface area contributed by atoms with Crippen LogP contribution in [0.3, 0.4) is 0 Å². The van der Waals surface area contributed by atoms with Gasteiger partial charge in [0.25, 0.3) is 5.91 Å². The summed E-state index contributed by atoms with van der Waals surface area (Å²) >= 11 is 0. The van der Waals surface area contributed by atoms with E-state index in [0.29, 0.717) is 12.2 Å². The summed E-state index contributed by atoms with van der Waals surface area (Å²) in [6.07, 6.45) is 1.69. The van der Waals surface area contributed by atoms with Gasteiger partial charge >= 0.3 is 0 Å². The van der Waals surface area contributed by atoms with E-state index in [2.05, 4.69) is 10.3 Å². The Kier molecular flexibility index (Phi) is 3.69. The van der Waals surface area contributed by atoms with Gasteiger partial charge < -0.3 is 11.1 Å². The molecule has 92 valence electrons. The highest BCUT2D eigenvalue weighted by molar-refractivity contribution is 5.92. The van der Waals surface area contributed by atoms with Gasteiger partial charge in [-0.3, -0.25) is 9.78 Å². The largest absolute Gasteiger partial charge is 0.354 e. The van der Waals surface area contributed by atoms with Crippen LogP contribution in [-0.4, -0.2) is 17.9 Å². The van der Waals surface area contributed by atoms with Gasteiger partial charge in [0.15, 0.2) is 0 Å². The van der Waals surface area contributed by atoms with Gasteiger partial charge in [0, 0.05) is 25.4 Å². The number of nitrogens with two attached hydrogens (primary N) is 1. The third-order valence-electron chi connectivity index (χ3n) is 2.72. The first-order valence-corrected chi connectivity index (χ1v) is 5.72. The zero-order chi connectivity index (χ0) is 13.0. The summed E-state index contributed by atoms with van der Waals surface area (Å²) in [5.41, 5.74) is 9.12. The van der Waals surface area contributed by atoms with E-state index < -0.39 is 0 Å². The van der Waals surface area contributed by atoms with E-state index in [1.54, 1.807) is 19.3 Å². The van der Waals surface area contributed by atoms with Gasteiger partial charge in [0.2, 0.25) is 0 Å². The molecule has 18 heavy (non-hydrogen) atoms. The van der Waals surface area contributed by atoms with Gasteiger partial charge in [0.05, 0.1) is 0 Å². The number of carbonyl (C=O) groups excluding carboxylic acids is 1. The average Bonchev–Trinajstić information content (AvgIpc) is 2.46. The minimum atomic E-state index is -0.183. The van der Waals surface area contributed by atoms with Gasteiger partial charge in [-0.25, -0.2) is 0 Å². The fourth-order valence-electron chi connectivity index (χ4n) is 1.70. The summed E-state index contributed by atoms with van der Waals surface area (Å²) in [5.74, 6) is -0.183. The molecule has 1 aromatic heterocycles. The molecular formula is C14H15N3O. The number of amides is 1. The van der Waals surface area contributed by atoms with Crippen molar-refractivity contribution in [3.8, 4) is 11.1 Å². The Morgan fingerprint density at radius 3 is 2.72 bits per heavy atom. The summed E-state index contributed by atoms with van der Waals surface area (Å²) in [6, 6.07) is 11.6. The molecule has 0 saturated heterocycles. The highest BCUT2D eigenvalue weighted by atomic mass is 16.1. The molecule has 2 rings (SSSR count). The second-order valence-corrected chi connectivity index (χ2v) is 3.92. The number of pyridine rings is 1. The maximum absolute atomic E-state index is 11.4. The van der Waals surface area contributed by atoms with Gasteiger partial charge in [-0.05, 0) is 23.3 Å². The van der Waals surface area contributed by atoms with Crippen LogP contribution in [0.4, 0.5) is 0 Å². The Morgan fingerprint density at radius 2 is 2.11 bits per heavy atom. The molecule has 1 aromatic carbocycles. The van der Waals surface area contributed by atoms with Crippen molar-refractivity contribution in [3.05, 3.63) is 53.9 Å². The molecule has 0 atom stereocenters. The van der Waals surface area contributed by atoms with Crippen molar-refractivity contribution >= 4 is 5.91 Å². The molecule has 0 aliphatic heterocycles. The molecule has 0 aliphatic carbocycles. The lowest BCUT2D eigenvalue weighted by molar-refractivity contribution is 0.0958. The molecule has 3 N–H and O–H groups in total. The monoisotopic (exact) mass is 241 g/mol. The third-order valence-corrected chi connectivity index (χ3v) is 2.72. The van der Waals surface area contributed by atoms with E-state index in [1.165, 1.54) is 0 Å². The van der Waals surface area contributed by atoms with Crippen molar-refractivity contribution in [1.82, 2.24) is 10.3 Å². The lowest BCUT2D eigenvalue weighted by atomic mass is 10.0. The average molecular weight is 241 g/mol. The van der Waals surface area contributed by atoms with E-state index in [1.807, 2.05) is 30.3 Å². The van der Waals surface area contributed by atoms with Crippen LogP contribution in [0.2, 0.25) is 0 Å². The summed E-state index contributed by atoms with van der Waals surface area (Å²) in [7, 11) is 1.59. The van der Waals surface area contributed by atoms with Crippen LogP contribution in [-0.2, 0) is 6.54 Å². The van der Waals surface area contributed by atoms with Crippen molar-refractivity contribution in [1.29, 1.82) is 0 Å². The highest BCUT2D eigenvalue weighted by Gasteiger charge is 2.05. The molecule has 0 aliphatic rings. The number of benzene rings is 1. The quantitative estimate of drug-likeness (QED) is 0.857. The summed E-state index contributed by atoms with van der Waals surface area (Å²) < 4.78 is 0. The third kappa shape index (κ3) is 2.55. The maximum atomic E-state index is 11.4. The van der Waals surface area contributed by atoms with E-state index in [4.69, 9.17) is 5.73 Å². The molecule has 1 heterocycles. The second-order valence-electron chi connectivity index (χ2n) is 3.92. The molecule has 0 fully saturated rings. The number of hydrogen-bond acceptors (Lipinski definition) is 3. The van der Waals surface area contributed by atoms with Gasteiger partial charge in [0.1, 0.15) is 5.69 Å². The van der Waals surface area contributed by atoms with Crippen molar-refractivity contribution in [2.24, 2.45) is 5.73 Å². The predicted molar refractivity (Wildman–Crippen MR) is 71.0 cm³/mol. The Balaban J connectivity index is 2.31. The van der Waals surface area contributed by atoms with E-state index in [0.717, 1.165) is 16.7 Å². The number of hydrogen-bond donors (Lipinski definition) is 2. The van der Waals surface area contributed by atoms with Crippen LogP contribution in [0.15, 0.2) is 42.6 Å². The van der Waals surface area contributed by atoms with Gasteiger partial charge in [-0.15, -0.1) is 0 Å². The van der Waals surface area contributed by atoms with Crippen LogP contribution in [0.5, 0.6) is 0 Å². The number of nitrogens with one attached hydrogen (secondary N) is 1. The van der Waals surface area contributed by atoms with E-state index in [9.17, 15) is 4.79 Å². The smallest absolute Gasteiger partial charge is 0.269 e. The first-order valence-electron chi connectivity index (χ1n) is 5.72. The van der Waals surface area contributed by atoms with Crippen LogP contribution >= 0.6 is 0 Å². The zero-order valence-electron chi connectivity index (χ0n) is 10.2. The van der Waals surface area contributed by atoms with Crippen LogP contribution in [0.25, 0.3) is 11.1 Å². The van der Waals surface area contributed by atoms with Crippen LogP contribution in [0.1, 0.15) is 16.1 Å². The van der Waals surface area contributed by atoms with E-state index in [-0.39, 0.29) is 5.91 Å². The Morgan fingerprint density at radius 1 is 1.28 bits per heavy atom. The SMILES string of the molecule is CNC(=O)c1ccc(-c2cccc(CN)c2)cn1. The van der Waals surface area contributed by atoms with Crippen molar-refractivity contribution in [2.45, 2.75) is 6.54 Å². The van der Waals surface area contributed by atoms with Gasteiger partial charge in [-0.1, -0.05) is 24.3 Å². The molecule has 4 heteroatoms. The number of carbonyl (C=O) groups is 1. The van der Waals surface area contributed by atoms with Crippen molar-refractivity contribution < 1.29 is 4.79 Å². The summed E-state index contributed by atoms with van der Waals surface area (Å²) in [4.78, 5) is 15.5. The van der Waals surface area contributed by atoms with Crippen molar-refractivity contribution in [2.75, 3.05) is 7.05 Å². The number of rotatable bonds is 3. The minimum absolute atomic E-state index is 0.183. The summed E-state index contributed by atoms with van der Waals surface area (Å²) in [5, 5.41) is 2.54. The standard InChI is InChI=1S/C14H15N3O/c1-16-14(18)13-6-5-12(9-17-13)11-4-2-3-10(7-11)8-15/h2-7,9H,8,15H2,1H3,(H,16,18). The van der Waals surface area contributed by atoms with Crippen molar-refractivity contribution in [3.63, 3.8) is 0 Å². The topological polar surface area (TPSA) is 68.0 Å². The Hall–Kier alpha value is -2.20. The molecule has 0 bridgehead atoms. The molecule has 0 radical (unpaired) electrons. The Labute approximate surface area is 106 Å². The molecule has 2 aromatic rings. The van der Waals surface area contributed by atoms with Crippen LogP contribution < -0.4 is 11.1 Å². The maximum Gasteiger partial charge on any atom is 0.269 e. The molecular weight excluding hydrogens is 226 g/mol. The van der Waals surface area contributed by atoms with Crippen LogP contribution in [0, 0.1) is 0 Å². The number of nitrogens with zero attached hydrogens (tertiary/aromatic N) is 1. The normalized spacial score (nSPS) is 10.1. The second kappa shape index (κ2) is 5.42. The fraction of sp³-hybridized carbons (Fsp3) is 0.143. The molecule has 1 amide bonds. The Bertz CT molecular complexity index is 549. The van der Waals surface area contributed by atoms with Gasteiger partial charge in [-0.2, -0.15) is 0 Å². The first kappa shape index (κ1) is 12.3. The predicted octanol–water partition coefficient (Wildman–Crippen LogP) is 1.57. The minimum Gasteiger partial charge on any atom is -0.354 e. The summed E-state index contributed by atoms with van der Waals surface area (Å²) in [6.45, 7) is 0.512. The molecule has 0 saturated carbocycles. The zero-order valence-corrected chi connectivity index (χ0v) is 10.2. The molecule has 0 spiro atoms. The lowest BCUT2D eigenvalue weighted by Crippen LogP contribution is -2.18. The molecule has 0 unspecified atom stereocenters.